The van der Waals surface area contributed by atoms with Gasteiger partial charge in [0.05, 0.1) is 0 Å². The van der Waals surface area contributed by atoms with Gasteiger partial charge >= 0.3 is 5.97 Å². The van der Waals surface area contributed by atoms with Crippen molar-refractivity contribution in [1.82, 2.24) is 5.32 Å². The molecule has 0 unspecified atom stereocenters. The van der Waals surface area contributed by atoms with E-state index in [4.69, 9.17) is 27.9 Å². The van der Waals surface area contributed by atoms with Crippen LogP contribution in [-0.4, -0.2) is 18.5 Å². The monoisotopic (exact) mass is 369 g/mol. The zero-order valence-corrected chi connectivity index (χ0v) is 14.9. The highest BCUT2D eigenvalue weighted by Gasteiger charge is 2.40. The van der Waals surface area contributed by atoms with Crippen LogP contribution in [0.15, 0.2) is 18.2 Å². The average Bonchev–Trinajstić information content (AvgIpc) is 3.15. The van der Waals surface area contributed by atoms with Crippen LogP contribution in [0.4, 0.5) is 0 Å². The molecule has 0 heterocycles. The Morgan fingerprint density at radius 1 is 1.21 bits per heavy atom. The van der Waals surface area contributed by atoms with Gasteiger partial charge in [-0.2, -0.15) is 0 Å². The minimum Gasteiger partial charge on any atom is -0.456 e. The van der Waals surface area contributed by atoms with Crippen molar-refractivity contribution in [3.63, 3.8) is 0 Å². The van der Waals surface area contributed by atoms with Crippen molar-refractivity contribution in [2.45, 2.75) is 38.6 Å². The van der Waals surface area contributed by atoms with Gasteiger partial charge in [-0.15, -0.1) is 0 Å². The zero-order valence-electron chi connectivity index (χ0n) is 13.4. The number of halogens is 2. The number of carbonyl (C=O) groups excluding carboxylic acids is 2. The second-order valence-corrected chi connectivity index (χ2v) is 7.66. The Balaban J connectivity index is 1.37. The number of rotatable bonds is 6. The number of amides is 1. The number of fused-ring (bicyclic) bond motifs is 2. The maximum Gasteiger partial charge on any atom is 0.306 e. The van der Waals surface area contributed by atoms with Gasteiger partial charge in [0.1, 0.15) is 0 Å². The molecule has 2 aliphatic rings. The van der Waals surface area contributed by atoms with E-state index in [9.17, 15) is 9.59 Å². The van der Waals surface area contributed by atoms with E-state index in [1.807, 2.05) is 0 Å². The first kappa shape index (κ1) is 17.6. The third-order valence-electron chi connectivity index (χ3n) is 5.17. The highest BCUT2D eigenvalue weighted by Crippen LogP contribution is 2.49. The van der Waals surface area contributed by atoms with Crippen molar-refractivity contribution in [3.05, 3.63) is 33.8 Å². The Morgan fingerprint density at radius 3 is 2.71 bits per heavy atom. The van der Waals surface area contributed by atoms with E-state index in [0.29, 0.717) is 28.3 Å². The molecule has 2 aliphatic carbocycles. The van der Waals surface area contributed by atoms with Gasteiger partial charge < -0.3 is 10.1 Å². The summed E-state index contributed by atoms with van der Waals surface area (Å²) in [7, 11) is 0. The molecule has 130 valence electrons. The molecule has 0 radical (unpaired) electrons. The Hall–Kier alpha value is -1.26. The highest BCUT2D eigenvalue weighted by atomic mass is 35.5. The third-order valence-corrected chi connectivity index (χ3v) is 5.76. The number of hydrogen-bond acceptors (Lipinski definition) is 3. The summed E-state index contributed by atoms with van der Waals surface area (Å²) in [6.45, 7) is 0.0314. The van der Waals surface area contributed by atoms with Gasteiger partial charge in [-0.1, -0.05) is 35.7 Å². The van der Waals surface area contributed by atoms with Crippen LogP contribution in [0.2, 0.25) is 10.0 Å². The predicted octanol–water partition coefficient (Wildman–Crippen LogP) is 3.98. The van der Waals surface area contributed by atoms with Crippen molar-refractivity contribution in [1.29, 1.82) is 0 Å². The molecular formula is C18H21Cl2NO3. The van der Waals surface area contributed by atoms with Crippen molar-refractivity contribution in [2.75, 3.05) is 6.61 Å². The van der Waals surface area contributed by atoms with Crippen LogP contribution in [0.1, 0.15) is 37.7 Å². The number of esters is 1. The zero-order chi connectivity index (χ0) is 17.1. The lowest BCUT2D eigenvalue weighted by molar-refractivity contribution is -0.149. The molecule has 3 atom stereocenters. The lowest BCUT2D eigenvalue weighted by Crippen LogP contribution is -2.29. The fourth-order valence-electron chi connectivity index (χ4n) is 3.96. The van der Waals surface area contributed by atoms with E-state index in [-0.39, 0.29) is 25.0 Å². The van der Waals surface area contributed by atoms with Crippen LogP contribution in [0, 0.1) is 17.8 Å². The molecule has 6 heteroatoms. The quantitative estimate of drug-likeness (QED) is 0.771. The molecule has 1 amide bonds. The Kier molecular flexibility index (Phi) is 5.67. The Labute approximate surface area is 151 Å². The van der Waals surface area contributed by atoms with E-state index >= 15 is 0 Å². The van der Waals surface area contributed by atoms with Gasteiger partial charge in [-0.3, -0.25) is 9.59 Å². The molecule has 1 aromatic rings. The van der Waals surface area contributed by atoms with Crippen LogP contribution < -0.4 is 5.32 Å². The summed E-state index contributed by atoms with van der Waals surface area (Å²) in [6, 6.07) is 5.09. The summed E-state index contributed by atoms with van der Waals surface area (Å²) in [5.41, 5.74) is 0.766. The van der Waals surface area contributed by atoms with Crippen LogP contribution in [-0.2, 0) is 20.9 Å². The average molecular weight is 370 g/mol. The van der Waals surface area contributed by atoms with Crippen LogP contribution in [0.3, 0.4) is 0 Å². The summed E-state index contributed by atoms with van der Waals surface area (Å²) >= 11 is 11.9. The van der Waals surface area contributed by atoms with Gasteiger partial charge in [-0.05, 0) is 54.7 Å². The normalized spacial score (nSPS) is 24.8. The molecule has 2 saturated carbocycles. The minimum atomic E-state index is -0.331. The molecular weight excluding hydrogens is 349 g/mol. The number of nitrogens with one attached hydrogen (secondary N) is 1. The fraction of sp³-hybridized carbons (Fsp3) is 0.556. The molecule has 0 saturated heterocycles. The largest absolute Gasteiger partial charge is 0.456 e. The fourth-order valence-corrected chi connectivity index (χ4v) is 4.43. The summed E-state index contributed by atoms with van der Waals surface area (Å²) in [5, 5.41) is 3.73. The number of carbonyl (C=O) groups is 2. The Morgan fingerprint density at radius 2 is 2.04 bits per heavy atom. The van der Waals surface area contributed by atoms with Gasteiger partial charge in [0, 0.05) is 23.0 Å². The molecule has 0 aromatic heterocycles. The van der Waals surface area contributed by atoms with Gasteiger partial charge in [0.2, 0.25) is 0 Å². The van der Waals surface area contributed by atoms with E-state index in [0.717, 1.165) is 17.9 Å². The summed E-state index contributed by atoms with van der Waals surface area (Å²) in [5.74, 6) is 1.34. The van der Waals surface area contributed by atoms with Crippen LogP contribution in [0.25, 0.3) is 0 Å². The van der Waals surface area contributed by atoms with Gasteiger partial charge in [0.25, 0.3) is 5.91 Å². The van der Waals surface area contributed by atoms with Crippen molar-refractivity contribution >= 4 is 35.1 Å². The second-order valence-electron chi connectivity index (χ2n) is 6.81. The molecule has 0 aliphatic heterocycles. The highest BCUT2D eigenvalue weighted by molar-refractivity contribution is 6.35. The van der Waals surface area contributed by atoms with E-state index in [1.165, 1.54) is 19.3 Å². The van der Waals surface area contributed by atoms with Crippen molar-refractivity contribution < 1.29 is 14.3 Å². The summed E-state index contributed by atoms with van der Waals surface area (Å²) in [6.07, 6.45) is 5.40. The predicted molar refractivity (Wildman–Crippen MR) is 92.8 cm³/mol. The number of benzene rings is 1. The summed E-state index contributed by atoms with van der Waals surface area (Å²) < 4.78 is 5.11. The first-order chi connectivity index (χ1) is 11.5. The molecule has 3 rings (SSSR count). The van der Waals surface area contributed by atoms with E-state index in [1.54, 1.807) is 18.2 Å². The second kappa shape index (κ2) is 7.75. The molecule has 0 spiro atoms. The van der Waals surface area contributed by atoms with Crippen molar-refractivity contribution in [3.8, 4) is 0 Å². The maximum atomic E-state index is 11.9. The lowest BCUT2D eigenvalue weighted by atomic mass is 9.86. The number of hydrogen-bond donors (Lipinski definition) is 1. The lowest BCUT2D eigenvalue weighted by Gasteiger charge is -2.20. The first-order valence-electron chi connectivity index (χ1n) is 8.37. The van der Waals surface area contributed by atoms with E-state index < -0.39 is 0 Å². The molecule has 2 bridgehead atoms. The van der Waals surface area contributed by atoms with E-state index in [2.05, 4.69) is 5.32 Å². The first-order valence-corrected chi connectivity index (χ1v) is 9.13. The standard InChI is InChI=1S/C18H21Cl2NO3/c19-15-4-3-13(16(20)8-15)9-21-17(22)10-24-18(23)7-14-6-11-1-2-12(14)5-11/h3-4,8,11-12,14H,1-2,5-7,9-10H2,(H,21,22)/t11-,12-,14+/m1/s1. The molecule has 24 heavy (non-hydrogen) atoms. The number of ether oxygens (including phenoxy) is 1. The topological polar surface area (TPSA) is 55.4 Å². The third kappa shape index (κ3) is 4.42. The Bertz CT molecular complexity index is 635. The molecule has 2 fully saturated rings. The molecule has 1 N–H and O–H groups in total. The van der Waals surface area contributed by atoms with Crippen LogP contribution in [0.5, 0.6) is 0 Å². The molecule has 1 aromatic carbocycles. The van der Waals surface area contributed by atoms with Crippen LogP contribution >= 0.6 is 23.2 Å². The van der Waals surface area contributed by atoms with Gasteiger partial charge in [0.15, 0.2) is 6.61 Å². The molecule has 4 nitrogen and oxygen atoms in total. The minimum absolute atomic E-state index is 0.245. The summed E-state index contributed by atoms with van der Waals surface area (Å²) in [4.78, 5) is 23.7. The van der Waals surface area contributed by atoms with Crippen molar-refractivity contribution in [2.24, 2.45) is 17.8 Å². The van der Waals surface area contributed by atoms with Gasteiger partial charge in [-0.25, -0.2) is 0 Å². The smallest absolute Gasteiger partial charge is 0.306 e. The SMILES string of the molecule is O=C(COC(=O)C[C@@H]1C[C@@H]2CC[C@@H]1C2)NCc1ccc(Cl)cc1Cl. The maximum absolute atomic E-state index is 11.9.